The lowest BCUT2D eigenvalue weighted by Gasteiger charge is -2.08. The minimum atomic E-state index is 0.575. The maximum absolute atomic E-state index is 5.81. The first-order valence-electron chi connectivity index (χ1n) is 5.23. The average molecular weight is 253 g/mol. The van der Waals surface area contributed by atoms with Gasteiger partial charge in [0.1, 0.15) is 0 Å². The van der Waals surface area contributed by atoms with E-state index < -0.39 is 0 Å². The summed E-state index contributed by atoms with van der Waals surface area (Å²) >= 11 is 5.81. The van der Waals surface area contributed by atoms with Crippen LogP contribution in [0, 0.1) is 6.92 Å². The molecule has 1 aromatic carbocycles. The van der Waals surface area contributed by atoms with E-state index in [1.54, 1.807) is 19.1 Å². The van der Waals surface area contributed by atoms with E-state index in [9.17, 15) is 0 Å². The van der Waals surface area contributed by atoms with Gasteiger partial charge in [0.05, 0.1) is 11.4 Å². The molecule has 0 unspecified atom stereocenters. The highest BCUT2D eigenvalue weighted by molar-refractivity contribution is 6.31. The molecule has 0 radical (unpaired) electrons. The van der Waals surface area contributed by atoms with Crippen LogP contribution >= 0.6 is 11.6 Å². The Labute approximate surface area is 104 Å². The Morgan fingerprint density at radius 3 is 2.94 bits per heavy atom. The van der Waals surface area contributed by atoms with Crippen molar-refractivity contribution in [2.75, 3.05) is 17.6 Å². The molecule has 17 heavy (non-hydrogen) atoms. The third-order valence-electron chi connectivity index (χ3n) is 2.25. The van der Waals surface area contributed by atoms with Crippen LogP contribution in [0.1, 0.15) is 11.7 Å². The molecule has 0 saturated heterocycles. The maximum atomic E-state index is 5.81. The molecule has 1 heterocycles. The molecule has 5 nitrogen and oxygen atoms in total. The number of nitrogens with two attached hydrogens (primary N) is 1. The Morgan fingerprint density at radius 2 is 2.29 bits per heavy atom. The lowest BCUT2D eigenvalue weighted by molar-refractivity contribution is 0.387. The first-order valence-corrected chi connectivity index (χ1v) is 5.61. The molecule has 0 saturated carbocycles. The van der Waals surface area contributed by atoms with Gasteiger partial charge in [-0.1, -0.05) is 16.8 Å². The number of anilines is 2. The van der Waals surface area contributed by atoms with Crippen LogP contribution in [0.2, 0.25) is 5.02 Å². The Kier molecular flexibility index (Phi) is 3.49. The van der Waals surface area contributed by atoms with Gasteiger partial charge in [0.25, 0.3) is 0 Å². The molecule has 0 spiro atoms. The predicted octanol–water partition coefficient (Wildman–Crippen LogP) is 2.27. The van der Waals surface area contributed by atoms with E-state index in [1.165, 1.54) is 0 Å². The van der Waals surface area contributed by atoms with Crippen molar-refractivity contribution in [1.82, 2.24) is 10.1 Å². The van der Waals surface area contributed by atoms with Crippen LogP contribution in [0.5, 0.6) is 0 Å². The van der Waals surface area contributed by atoms with Crippen LogP contribution in [0.3, 0.4) is 0 Å². The third-order valence-corrected chi connectivity index (χ3v) is 2.48. The largest absolute Gasteiger partial charge is 0.397 e. The van der Waals surface area contributed by atoms with Crippen molar-refractivity contribution in [3.05, 3.63) is 34.9 Å². The van der Waals surface area contributed by atoms with E-state index >= 15 is 0 Å². The second kappa shape index (κ2) is 5.05. The monoisotopic (exact) mass is 252 g/mol. The minimum absolute atomic E-state index is 0.575. The van der Waals surface area contributed by atoms with Crippen molar-refractivity contribution >= 4 is 23.0 Å². The molecule has 3 N–H and O–H groups in total. The fourth-order valence-electron chi connectivity index (χ4n) is 1.45. The van der Waals surface area contributed by atoms with E-state index in [0.717, 1.165) is 5.69 Å². The molecule has 0 bridgehead atoms. The average Bonchev–Trinajstić information content (AvgIpc) is 2.68. The molecule has 0 aliphatic heterocycles. The van der Waals surface area contributed by atoms with Crippen molar-refractivity contribution in [2.24, 2.45) is 0 Å². The van der Waals surface area contributed by atoms with Gasteiger partial charge in [-0.05, 0) is 18.2 Å². The number of aryl methyl sites for hydroxylation is 1. The lowest BCUT2D eigenvalue weighted by atomic mass is 10.2. The lowest BCUT2D eigenvalue weighted by Crippen LogP contribution is -2.07. The number of aromatic nitrogens is 2. The summed E-state index contributed by atoms with van der Waals surface area (Å²) < 4.78 is 4.88. The maximum Gasteiger partial charge on any atom is 0.223 e. The zero-order chi connectivity index (χ0) is 12.3. The van der Waals surface area contributed by atoms with Gasteiger partial charge in [-0.15, -0.1) is 0 Å². The number of nitrogens with zero attached hydrogens (tertiary/aromatic N) is 2. The quantitative estimate of drug-likeness (QED) is 0.817. The Balaban J connectivity index is 1.90. The highest BCUT2D eigenvalue weighted by Gasteiger charge is 2.03. The van der Waals surface area contributed by atoms with Crippen molar-refractivity contribution in [1.29, 1.82) is 0 Å². The summed E-state index contributed by atoms with van der Waals surface area (Å²) in [5.41, 5.74) is 7.29. The SMILES string of the molecule is Cc1nc(CCNc2ccc(Cl)cc2N)no1. The molecule has 6 heteroatoms. The molecule has 1 aromatic heterocycles. The Bertz CT molecular complexity index is 512. The standard InChI is InChI=1S/C11H13ClN4O/c1-7-15-11(16-17-7)4-5-14-10-3-2-8(12)6-9(10)13/h2-3,6,14H,4-5,13H2,1H3. The van der Waals surface area contributed by atoms with E-state index in [1.807, 2.05) is 6.07 Å². The van der Waals surface area contributed by atoms with Gasteiger partial charge in [0.2, 0.25) is 5.89 Å². The van der Waals surface area contributed by atoms with Crippen LogP contribution in [-0.4, -0.2) is 16.7 Å². The normalized spacial score (nSPS) is 10.5. The molecular formula is C11H13ClN4O. The smallest absolute Gasteiger partial charge is 0.223 e. The first kappa shape index (κ1) is 11.7. The van der Waals surface area contributed by atoms with Gasteiger partial charge in [0.15, 0.2) is 5.82 Å². The second-order valence-corrected chi connectivity index (χ2v) is 4.07. The number of rotatable bonds is 4. The third kappa shape index (κ3) is 3.10. The van der Waals surface area contributed by atoms with Crippen LogP contribution < -0.4 is 11.1 Å². The van der Waals surface area contributed by atoms with Crippen molar-refractivity contribution < 1.29 is 4.52 Å². The van der Waals surface area contributed by atoms with Gasteiger partial charge in [-0.25, -0.2) is 0 Å². The highest BCUT2D eigenvalue weighted by Crippen LogP contribution is 2.22. The van der Waals surface area contributed by atoms with Crippen LogP contribution in [0.25, 0.3) is 0 Å². The van der Waals surface area contributed by atoms with Gasteiger partial charge < -0.3 is 15.6 Å². The molecule has 90 valence electrons. The van der Waals surface area contributed by atoms with Crippen LogP contribution in [0.15, 0.2) is 22.7 Å². The highest BCUT2D eigenvalue weighted by atomic mass is 35.5. The summed E-state index contributed by atoms with van der Waals surface area (Å²) in [5, 5.41) is 7.62. The molecule has 0 aliphatic carbocycles. The molecule has 0 fully saturated rings. The van der Waals surface area contributed by atoms with Gasteiger partial charge >= 0.3 is 0 Å². The van der Waals surface area contributed by atoms with Gasteiger partial charge in [-0.2, -0.15) is 4.98 Å². The van der Waals surface area contributed by atoms with E-state index in [-0.39, 0.29) is 0 Å². The number of nitrogens with one attached hydrogen (secondary N) is 1. The number of hydrogen-bond acceptors (Lipinski definition) is 5. The Hall–Kier alpha value is -1.75. The predicted molar refractivity (Wildman–Crippen MR) is 67.1 cm³/mol. The van der Waals surface area contributed by atoms with Crippen LogP contribution in [-0.2, 0) is 6.42 Å². The summed E-state index contributed by atoms with van der Waals surface area (Å²) in [7, 11) is 0. The fraction of sp³-hybridized carbons (Fsp3) is 0.273. The number of hydrogen-bond donors (Lipinski definition) is 2. The molecular weight excluding hydrogens is 240 g/mol. The first-order chi connectivity index (χ1) is 8.15. The molecule has 2 rings (SSSR count). The summed E-state index contributed by atoms with van der Waals surface area (Å²) in [6.45, 7) is 2.45. The topological polar surface area (TPSA) is 77.0 Å². The van der Waals surface area contributed by atoms with Crippen molar-refractivity contribution in [3.63, 3.8) is 0 Å². The Morgan fingerprint density at radius 1 is 1.47 bits per heavy atom. The van der Waals surface area contributed by atoms with E-state index in [4.69, 9.17) is 21.9 Å². The minimum Gasteiger partial charge on any atom is -0.397 e. The summed E-state index contributed by atoms with van der Waals surface area (Å²) in [6.07, 6.45) is 0.680. The molecule has 0 atom stereocenters. The summed E-state index contributed by atoms with van der Waals surface area (Å²) in [5.74, 6) is 1.26. The molecule has 0 aliphatic rings. The summed E-state index contributed by atoms with van der Waals surface area (Å²) in [6, 6.07) is 5.35. The molecule has 2 aromatic rings. The molecule has 0 amide bonds. The van der Waals surface area contributed by atoms with Crippen molar-refractivity contribution in [2.45, 2.75) is 13.3 Å². The second-order valence-electron chi connectivity index (χ2n) is 3.64. The van der Waals surface area contributed by atoms with E-state index in [2.05, 4.69) is 15.5 Å². The number of benzene rings is 1. The van der Waals surface area contributed by atoms with Gasteiger partial charge in [0, 0.05) is 24.9 Å². The number of nitrogen functional groups attached to an aromatic ring is 1. The zero-order valence-corrected chi connectivity index (χ0v) is 10.2. The summed E-state index contributed by atoms with van der Waals surface area (Å²) in [4.78, 5) is 4.11. The number of halogens is 1. The van der Waals surface area contributed by atoms with Crippen LogP contribution in [0.4, 0.5) is 11.4 Å². The zero-order valence-electron chi connectivity index (χ0n) is 9.40. The van der Waals surface area contributed by atoms with Gasteiger partial charge in [-0.3, -0.25) is 0 Å². The van der Waals surface area contributed by atoms with Crippen molar-refractivity contribution in [3.8, 4) is 0 Å². The van der Waals surface area contributed by atoms with E-state index in [0.29, 0.717) is 35.4 Å². The fourth-order valence-corrected chi connectivity index (χ4v) is 1.63.